The molecule has 0 unspecified atom stereocenters. The van der Waals surface area contributed by atoms with Crippen LogP contribution in [-0.2, 0) is 9.68 Å². The Kier molecular flexibility index (Phi) is 15.1. The van der Waals surface area contributed by atoms with Gasteiger partial charge in [0.05, 0.1) is 0 Å². The van der Waals surface area contributed by atoms with E-state index in [0.29, 0.717) is 5.76 Å². The number of unbranched alkanes of at least 4 members (excludes halogenated alkanes) is 7. The van der Waals surface area contributed by atoms with Crippen LogP contribution in [0, 0.1) is 0 Å². The molecule has 2 N–H and O–H groups in total. The zero-order valence-electron chi connectivity index (χ0n) is 13.9. The number of allylic oxidation sites excluding steroid dienone is 4. The molecule has 0 saturated heterocycles. The summed E-state index contributed by atoms with van der Waals surface area (Å²) in [6.45, 7) is 2.20. The minimum absolute atomic E-state index is 0.259. The molecule has 128 valence electrons. The van der Waals surface area contributed by atoms with Crippen molar-refractivity contribution in [3.63, 3.8) is 0 Å². The summed E-state index contributed by atoms with van der Waals surface area (Å²) in [6.07, 6.45) is 17.6. The number of carboxylic acid groups (broad SMARTS) is 1. The highest BCUT2D eigenvalue weighted by atomic mass is 17.1. The van der Waals surface area contributed by atoms with Crippen molar-refractivity contribution >= 4 is 5.97 Å². The van der Waals surface area contributed by atoms with Crippen molar-refractivity contribution in [3.05, 3.63) is 24.0 Å². The summed E-state index contributed by atoms with van der Waals surface area (Å²) >= 11 is 0. The maximum absolute atomic E-state index is 10.4. The van der Waals surface area contributed by atoms with Gasteiger partial charge in [0.2, 0.25) is 0 Å². The van der Waals surface area contributed by atoms with Gasteiger partial charge in [-0.05, 0) is 38.2 Å². The lowest BCUT2D eigenvalue weighted by molar-refractivity contribution is -0.206. The molecular weight excluding hydrogens is 280 g/mol. The number of rotatable bonds is 15. The minimum Gasteiger partial charge on any atom is -0.481 e. The monoisotopic (exact) mass is 312 g/mol. The van der Waals surface area contributed by atoms with Gasteiger partial charge in [-0.2, -0.15) is 0 Å². The SMILES string of the molecule is CCCCC/C=C/C/C=C(/CCCCCCCC(=O)O)OO. The van der Waals surface area contributed by atoms with E-state index in [0.717, 1.165) is 51.4 Å². The lowest BCUT2D eigenvalue weighted by atomic mass is 10.1. The molecule has 0 aliphatic heterocycles. The van der Waals surface area contributed by atoms with E-state index in [4.69, 9.17) is 10.4 Å². The quantitative estimate of drug-likeness (QED) is 0.134. The zero-order valence-corrected chi connectivity index (χ0v) is 13.9. The molecule has 22 heavy (non-hydrogen) atoms. The summed E-state index contributed by atoms with van der Waals surface area (Å²) in [5.41, 5.74) is 0. The second-order valence-electron chi connectivity index (χ2n) is 5.63. The summed E-state index contributed by atoms with van der Waals surface area (Å²) in [6, 6.07) is 0. The second-order valence-corrected chi connectivity index (χ2v) is 5.63. The van der Waals surface area contributed by atoms with E-state index in [1.54, 1.807) is 0 Å². The first-order valence-corrected chi connectivity index (χ1v) is 8.58. The van der Waals surface area contributed by atoms with Crippen molar-refractivity contribution in [1.82, 2.24) is 0 Å². The third-order valence-corrected chi connectivity index (χ3v) is 3.55. The molecular formula is C18H32O4. The zero-order chi connectivity index (χ0) is 16.5. The number of carboxylic acids is 1. The van der Waals surface area contributed by atoms with E-state index in [-0.39, 0.29) is 6.42 Å². The van der Waals surface area contributed by atoms with E-state index in [1.807, 2.05) is 6.08 Å². The molecule has 4 nitrogen and oxygen atoms in total. The Hall–Kier alpha value is -1.29. The van der Waals surface area contributed by atoms with Gasteiger partial charge in [0.1, 0.15) is 5.76 Å². The van der Waals surface area contributed by atoms with Crippen LogP contribution < -0.4 is 0 Å². The highest BCUT2D eigenvalue weighted by molar-refractivity contribution is 5.66. The van der Waals surface area contributed by atoms with Crippen molar-refractivity contribution in [2.45, 2.75) is 84.0 Å². The van der Waals surface area contributed by atoms with Gasteiger partial charge in [-0.25, -0.2) is 5.26 Å². The summed E-state index contributed by atoms with van der Waals surface area (Å²) in [5, 5.41) is 17.4. The van der Waals surface area contributed by atoms with E-state index in [1.165, 1.54) is 19.3 Å². The van der Waals surface area contributed by atoms with Gasteiger partial charge in [-0.15, -0.1) is 0 Å². The maximum Gasteiger partial charge on any atom is 0.303 e. The van der Waals surface area contributed by atoms with Gasteiger partial charge in [-0.1, -0.05) is 51.2 Å². The van der Waals surface area contributed by atoms with Crippen molar-refractivity contribution in [2.24, 2.45) is 0 Å². The van der Waals surface area contributed by atoms with Crippen LogP contribution in [0.3, 0.4) is 0 Å². The fraction of sp³-hybridized carbons (Fsp3) is 0.722. The molecule has 0 amide bonds. The molecule has 0 radical (unpaired) electrons. The first-order valence-electron chi connectivity index (χ1n) is 8.58. The third kappa shape index (κ3) is 15.1. The van der Waals surface area contributed by atoms with Crippen LogP contribution in [0.15, 0.2) is 24.0 Å². The van der Waals surface area contributed by atoms with Crippen molar-refractivity contribution in [1.29, 1.82) is 0 Å². The fourth-order valence-electron chi connectivity index (χ4n) is 2.22. The van der Waals surface area contributed by atoms with E-state index in [2.05, 4.69) is 24.0 Å². The van der Waals surface area contributed by atoms with Gasteiger partial charge < -0.3 is 9.99 Å². The Morgan fingerprint density at radius 2 is 1.64 bits per heavy atom. The maximum atomic E-state index is 10.4. The van der Waals surface area contributed by atoms with Crippen LogP contribution in [-0.4, -0.2) is 16.3 Å². The van der Waals surface area contributed by atoms with Gasteiger partial charge in [-0.3, -0.25) is 4.79 Å². The molecule has 0 aliphatic rings. The summed E-state index contributed by atoms with van der Waals surface area (Å²) in [4.78, 5) is 14.8. The predicted molar refractivity (Wildman–Crippen MR) is 89.7 cm³/mol. The summed E-state index contributed by atoms with van der Waals surface area (Å²) < 4.78 is 0. The first kappa shape index (κ1) is 20.7. The van der Waals surface area contributed by atoms with Gasteiger partial charge in [0.25, 0.3) is 0 Å². The minimum atomic E-state index is -0.721. The fourth-order valence-corrected chi connectivity index (χ4v) is 2.22. The van der Waals surface area contributed by atoms with Gasteiger partial charge >= 0.3 is 5.97 Å². The summed E-state index contributed by atoms with van der Waals surface area (Å²) in [7, 11) is 0. The molecule has 0 atom stereocenters. The van der Waals surface area contributed by atoms with Crippen LogP contribution >= 0.6 is 0 Å². The molecule has 0 aromatic carbocycles. The number of aliphatic carboxylic acids is 1. The molecule has 0 spiro atoms. The van der Waals surface area contributed by atoms with E-state index < -0.39 is 5.97 Å². The Labute approximate surface area is 134 Å². The average Bonchev–Trinajstić information content (AvgIpc) is 2.50. The topological polar surface area (TPSA) is 66.8 Å². The van der Waals surface area contributed by atoms with E-state index >= 15 is 0 Å². The molecule has 0 aliphatic carbocycles. The van der Waals surface area contributed by atoms with Crippen LogP contribution in [0.5, 0.6) is 0 Å². The molecule has 0 aromatic rings. The number of carbonyl (C=O) groups is 1. The average molecular weight is 312 g/mol. The predicted octanol–water partition coefficient (Wildman–Crippen LogP) is 5.70. The molecule has 0 bridgehead atoms. The largest absolute Gasteiger partial charge is 0.481 e. The third-order valence-electron chi connectivity index (χ3n) is 3.55. The molecule has 0 aromatic heterocycles. The first-order chi connectivity index (χ1) is 10.7. The lowest BCUT2D eigenvalue weighted by Crippen LogP contribution is -1.93. The van der Waals surface area contributed by atoms with Crippen molar-refractivity contribution in [3.8, 4) is 0 Å². The Balaban J connectivity index is 3.60. The van der Waals surface area contributed by atoms with Crippen molar-refractivity contribution in [2.75, 3.05) is 0 Å². The standard InChI is InChI=1S/C18H32O4/c1-2-3-4-5-6-8-11-14-17(22-21)15-12-9-7-10-13-16-18(19)20/h6,8,14,21H,2-5,7,9-13,15-16H2,1H3,(H,19,20)/b8-6+,17-14-. The molecule has 0 fully saturated rings. The van der Waals surface area contributed by atoms with Crippen LogP contribution in [0.2, 0.25) is 0 Å². The van der Waals surface area contributed by atoms with Crippen LogP contribution in [0.25, 0.3) is 0 Å². The highest BCUT2D eigenvalue weighted by Gasteiger charge is 1.99. The van der Waals surface area contributed by atoms with Crippen LogP contribution in [0.4, 0.5) is 0 Å². The Morgan fingerprint density at radius 1 is 0.955 bits per heavy atom. The Morgan fingerprint density at radius 3 is 2.27 bits per heavy atom. The molecule has 0 rings (SSSR count). The highest BCUT2D eigenvalue weighted by Crippen LogP contribution is 2.13. The van der Waals surface area contributed by atoms with Crippen molar-refractivity contribution < 1.29 is 20.0 Å². The molecule has 0 saturated carbocycles. The normalized spacial score (nSPS) is 12.0. The van der Waals surface area contributed by atoms with Gasteiger partial charge in [0.15, 0.2) is 0 Å². The summed E-state index contributed by atoms with van der Waals surface area (Å²) in [5.74, 6) is -0.0922. The second kappa shape index (κ2) is 16.1. The Bertz CT molecular complexity index is 321. The lowest BCUT2D eigenvalue weighted by Gasteiger charge is -2.03. The molecule has 4 heteroatoms. The number of hydrogen-bond donors (Lipinski definition) is 2. The van der Waals surface area contributed by atoms with E-state index in [9.17, 15) is 4.79 Å². The van der Waals surface area contributed by atoms with Gasteiger partial charge in [0, 0.05) is 12.8 Å². The smallest absolute Gasteiger partial charge is 0.303 e. The molecule has 0 heterocycles. The van der Waals surface area contributed by atoms with Crippen LogP contribution in [0.1, 0.15) is 84.0 Å². The number of hydrogen-bond acceptors (Lipinski definition) is 3.